The highest BCUT2D eigenvalue weighted by Crippen LogP contribution is 2.37. The van der Waals surface area contributed by atoms with Crippen LogP contribution in [0.4, 0.5) is 0 Å². The molecule has 1 atom stereocenters. The number of esters is 1. The fourth-order valence-electron chi connectivity index (χ4n) is 3.46. The first-order chi connectivity index (χ1) is 13.9. The number of allylic oxidation sites excluding steroid dienone is 1. The van der Waals surface area contributed by atoms with Crippen LogP contribution in [0.2, 0.25) is 5.02 Å². The molecule has 0 bridgehead atoms. The number of nitrogens with zero attached hydrogens (tertiary/aromatic N) is 1. The van der Waals surface area contributed by atoms with E-state index >= 15 is 0 Å². The Bertz CT molecular complexity index is 774. The third kappa shape index (κ3) is 6.07. The van der Waals surface area contributed by atoms with Crippen LogP contribution in [0.1, 0.15) is 57.9 Å². The second-order valence-electron chi connectivity index (χ2n) is 7.06. The number of amides is 2. The normalized spacial score (nSPS) is 16.8. The van der Waals surface area contributed by atoms with E-state index in [1.807, 2.05) is 12.1 Å². The van der Waals surface area contributed by atoms with Crippen molar-refractivity contribution in [2.24, 2.45) is 0 Å². The number of halogens is 1. The Morgan fingerprint density at radius 3 is 2.52 bits per heavy atom. The van der Waals surface area contributed by atoms with Gasteiger partial charge in [-0.15, -0.1) is 0 Å². The molecule has 2 amide bonds. The first-order valence-electron chi connectivity index (χ1n) is 10.1. The summed E-state index contributed by atoms with van der Waals surface area (Å²) >= 11 is 5.98. The second-order valence-corrected chi connectivity index (χ2v) is 7.50. The molecule has 0 fully saturated rings. The summed E-state index contributed by atoms with van der Waals surface area (Å²) in [5, 5.41) is 3.42. The summed E-state index contributed by atoms with van der Waals surface area (Å²) in [6, 6.07) is 7.08. The molecule has 1 unspecified atom stereocenters. The van der Waals surface area contributed by atoms with Gasteiger partial charge in [0.2, 0.25) is 11.8 Å². The molecular weight excluding hydrogens is 392 g/mol. The standard InChI is InChI=1S/C22H29ClN2O4/c1-4-6-7-12-24-19(26)14-25-15(3)21(22(28)29-5-2)18(13-20(25)27)16-8-10-17(23)11-9-16/h8-11,18H,4-7,12-14H2,1-3H3,(H,24,26). The van der Waals surface area contributed by atoms with Gasteiger partial charge in [-0.2, -0.15) is 0 Å². The van der Waals surface area contributed by atoms with Crippen molar-refractivity contribution in [3.05, 3.63) is 46.1 Å². The van der Waals surface area contributed by atoms with Crippen LogP contribution < -0.4 is 5.32 Å². The van der Waals surface area contributed by atoms with Gasteiger partial charge in [0.05, 0.1) is 12.2 Å². The van der Waals surface area contributed by atoms with Gasteiger partial charge in [-0.3, -0.25) is 9.59 Å². The Morgan fingerprint density at radius 1 is 1.21 bits per heavy atom. The van der Waals surface area contributed by atoms with E-state index in [1.54, 1.807) is 26.0 Å². The molecule has 0 radical (unpaired) electrons. The van der Waals surface area contributed by atoms with E-state index in [-0.39, 0.29) is 31.4 Å². The minimum atomic E-state index is -0.467. The van der Waals surface area contributed by atoms with Crippen molar-refractivity contribution in [1.82, 2.24) is 10.2 Å². The Balaban J connectivity index is 2.27. The largest absolute Gasteiger partial charge is 0.463 e. The van der Waals surface area contributed by atoms with E-state index < -0.39 is 11.9 Å². The molecule has 1 aliphatic rings. The highest BCUT2D eigenvalue weighted by atomic mass is 35.5. The Labute approximate surface area is 177 Å². The van der Waals surface area contributed by atoms with Crippen molar-refractivity contribution in [2.45, 2.75) is 52.4 Å². The van der Waals surface area contributed by atoms with E-state index in [1.165, 1.54) is 4.90 Å². The lowest BCUT2D eigenvalue weighted by atomic mass is 9.83. The summed E-state index contributed by atoms with van der Waals surface area (Å²) in [5.74, 6) is -1.32. The van der Waals surface area contributed by atoms with Crippen LogP contribution in [0.5, 0.6) is 0 Å². The number of rotatable bonds is 9. The zero-order chi connectivity index (χ0) is 21.4. The van der Waals surface area contributed by atoms with Crippen LogP contribution in [0.3, 0.4) is 0 Å². The van der Waals surface area contributed by atoms with E-state index in [0.29, 0.717) is 22.8 Å². The molecule has 29 heavy (non-hydrogen) atoms. The molecule has 0 aliphatic carbocycles. The summed E-state index contributed by atoms with van der Waals surface area (Å²) in [6.07, 6.45) is 3.10. The highest BCUT2D eigenvalue weighted by Gasteiger charge is 2.37. The molecule has 0 saturated heterocycles. The fourth-order valence-corrected chi connectivity index (χ4v) is 3.58. The molecule has 1 N–H and O–H groups in total. The van der Waals surface area contributed by atoms with Gasteiger partial charge >= 0.3 is 5.97 Å². The molecule has 1 aliphatic heterocycles. The van der Waals surface area contributed by atoms with E-state index in [9.17, 15) is 14.4 Å². The van der Waals surface area contributed by atoms with E-state index in [4.69, 9.17) is 16.3 Å². The summed E-state index contributed by atoms with van der Waals surface area (Å²) in [7, 11) is 0. The molecule has 6 nitrogen and oxygen atoms in total. The molecule has 7 heteroatoms. The van der Waals surface area contributed by atoms with Gasteiger partial charge in [-0.25, -0.2) is 4.79 Å². The lowest BCUT2D eigenvalue weighted by Crippen LogP contribution is -2.44. The highest BCUT2D eigenvalue weighted by molar-refractivity contribution is 6.30. The summed E-state index contributed by atoms with van der Waals surface area (Å²) in [6.45, 7) is 6.23. The van der Waals surface area contributed by atoms with Crippen LogP contribution in [0.25, 0.3) is 0 Å². The van der Waals surface area contributed by atoms with Gasteiger partial charge in [-0.05, 0) is 38.0 Å². The molecule has 0 aromatic heterocycles. The van der Waals surface area contributed by atoms with Gasteiger partial charge in [0, 0.05) is 29.6 Å². The number of hydrogen-bond donors (Lipinski definition) is 1. The third-order valence-corrected chi connectivity index (χ3v) is 5.25. The Kier molecular flexibility index (Phi) is 8.70. The zero-order valence-electron chi connectivity index (χ0n) is 17.3. The van der Waals surface area contributed by atoms with Gasteiger partial charge in [-0.1, -0.05) is 43.5 Å². The number of hydrogen-bond acceptors (Lipinski definition) is 4. The van der Waals surface area contributed by atoms with Crippen molar-refractivity contribution in [3.8, 4) is 0 Å². The van der Waals surface area contributed by atoms with Crippen molar-refractivity contribution in [3.63, 3.8) is 0 Å². The minimum absolute atomic E-state index is 0.0935. The predicted octanol–water partition coefficient (Wildman–Crippen LogP) is 3.80. The van der Waals surface area contributed by atoms with Crippen molar-refractivity contribution < 1.29 is 19.1 Å². The fraction of sp³-hybridized carbons (Fsp3) is 0.500. The molecule has 2 rings (SSSR count). The second kappa shape index (κ2) is 11.0. The average Bonchev–Trinajstić information content (AvgIpc) is 2.69. The lowest BCUT2D eigenvalue weighted by Gasteiger charge is -2.34. The maximum absolute atomic E-state index is 12.8. The first-order valence-corrected chi connectivity index (χ1v) is 10.5. The topological polar surface area (TPSA) is 75.7 Å². The van der Waals surface area contributed by atoms with Gasteiger partial charge in [0.15, 0.2) is 0 Å². The molecule has 1 aromatic rings. The monoisotopic (exact) mass is 420 g/mol. The quantitative estimate of drug-likeness (QED) is 0.487. The van der Waals surface area contributed by atoms with Crippen LogP contribution in [-0.2, 0) is 19.1 Å². The molecule has 1 aromatic carbocycles. The maximum atomic E-state index is 12.8. The maximum Gasteiger partial charge on any atom is 0.336 e. The van der Waals surface area contributed by atoms with Crippen molar-refractivity contribution in [2.75, 3.05) is 19.7 Å². The Hall–Kier alpha value is -2.34. The lowest BCUT2D eigenvalue weighted by molar-refractivity contribution is -0.141. The molecule has 0 saturated carbocycles. The number of ether oxygens (including phenoxy) is 1. The van der Waals surface area contributed by atoms with Crippen LogP contribution in [0, 0.1) is 0 Å². The van der Waals surface area contributed by atoms with E-state index in [0.717, 1.165) is 24.8 Å². The summed E-state index contributed by atoms with van der Waals surface area (Å²) in [4.78, 5) is 39.2. The SMILES string of the molecule is CCCCCNC(=O)CN1C(=O)CC(c2ccc(Cl)cc2)C(C(=O)OCC)=C1C. The van der Waals surface area contributed by atoms with Crippen LogP contribution >= 0.6 is 11.6 Å². The van der Waals surface area contributed by atoms with Gasteiger partial charge in [0.25, 0.3) is 0 Å². The number of benzene rings is 1. The van der Waals surface area contributed by atoms with E-state index in [2.05, 4.69) is 12.2 Å². The molecule has 0 spiro atoms. The van der Waals surface area contributed by atoms with Gasteiger partial charge in [0.1, 0.15) is 6.54 Å². The van der Waals surface area contributed by atoms with Crippen molar-refractivity contribution >= 4 is 29.4 Å². The number of unbranched alkanes of at least 4 members (excludes halogenated alkanes) is 2. The number of carbonyl (C=O) groups excluding carboxylic acids is 3. The summed E-state index contributed by atoms with van der Waals surface area (Å²) < 4.78 is 5.25. The molecule has 158 valence electrons. The molecular formula is C22H29ClN2O4. The minimum Gasteiger partial charge on any atom is -0.463 e. The third-order valence-electron chi connectivity index (χ3n) is 4.99. The van der Waals surface area contributed by atoms with Gasteiger partial charge < -0.3 is 15.0 Å². The molecule has 1 heterocycles. The van der Waals surface area contributed by atoms with Crippen molar-refractivity contribution in [1.29, 1.82) is 0 Å². The average molecular weight is 421 g/mol. The van der Waals surface area contributed by atoms with Crippen LogP contribution in [0.15, 0.2) is 35.5 Å². The number of nitrogens with one attached hydrogen (secondary N) is 1. The predicted molar refractivity (Wildman–Crippen MR) is 112 cm³/mol. The summed E-state index contributed by atoms with van der Waals surface area (Å²) in [5.41, 5.74) is 1.68. The smallest absolute Gasteiger partial charge is 0.336 e. The van der Waals surface area contributed by atoms with Crippen LogP contribution in [-0.4, -0.2) is 42.4 Å². The Morgan fingerprint density at radius 2 is 1.90 bits per heavy atom. The number of carbonyl (C=O) groups is 3. The first kappa shape index (κ1) is 22.9. The zero-order valence-corrected chi connectivity index (χ0v) is 18.1.